The van der Waals surface area contributed by atoms with Gasteiger partial charge in [-0.3, -0.25) is 4.79 Å². The Balaban J connectivity index is 1.64. The molecule has 6 nitrogen and oxygen atoms in total. The van der Waals surface area contributed by atoms with Gasteiger partial charge in [0.25, 0.3) is 5.91 Å². The lowest BCUT2D eigenvalue weighted by Gasteiger charge is -2.33. The van der Waals surface area contributed by atoms with Crippen LogP contribution in [0.15, 0.2) is 18.2 Å². The van der Waals surface area contributed by atoms with Crippen molar-refractivity contribution in [1.29, 1.82) is 0 Å². The third-order valence-corrected chi connectivity index (χ3v) is 7.37. The number of amides is 1. The molecule has 0 N–H and O–H groups in total. The van der Waals surface area contributed by atoms with E-state index in [0.29, 0.717) is 18.4 Å². The molecule has 0 spiro atoms. The molecule has 2 aliphatic rings. The van der Waals surface area contributed by atoms with Gasteiger partial charge in [-0.15, -0.1) is 0 Å². The van der Waals surface area contributed by atoms with Crippen LogP contribution in [0.2, 0.25) is 0 Å². The molecule has 148 valence electrons. The van der Waals surface area contributed by atoms with Gasteiger partial charge in [0.1, 0.15) is 0 Å². The zero-order valence-electron chi connectivity index (χ0n) is 15.9. The van der Waals surface area contributed by atoms with Crippen LogP contribution in [0.3, 0.4) is 0 Å². The third kappa shape index (κ3) is 4.51. The number of benzene rings is 1. The minimum absolute atomic E-state index is 0.0121. The van der Waals surface area contributed by atoms with Gasteiger partial charge in [0.2, 0.25) is 0 Å². The highest BCUT2D eigenvalue weighted by Gasteiger charge is 2.36. The molecule has 1 amide bonds. The summed E-state index contributed by atoms with van der Waals surface area (Å²) < 4.78 is 28.9. The smallest absolute Gasteiger partial charge is 0.338 e. The minimum atomic E-state index is -3.10. The fourth-order valence-electron chi connectivity index (χ4n) is 3.98. The molecule has 7 heteroatoms. The van der Waals surface area contributed by atoms with E-state index in [-0.39, 0.29) is 36.1 Å². The molecule has 3 rings (SSSR count). The van der Waals surface area contributed by atoms with Gasteiger partial charge >= 0.3 is 5.97 Å². The van der Waals surface area contributed by atoms with Crippen LogP contribution in [0.4, 0.5) is 0 Å². The van der Waals surface area contributed by atoms with E-state index in [2.05, 4.69) is 0 Å². The Morgan fingerprint density at radius 2 is 2.00 bits per heavy atom. The maximum atomic E-state index is 12.7. The van der Waals surface area contributed by atoms with Crippen molar-refractivity contribution >= 4 is 21.7 Å². The number of carbonyl (C=O) groups excluding carboxylic acids is 2. The van der Waals surface area contributed by atoms with Crippen molar-refractivity contribution in [3.8, 4) is 0 Å². The van der Waals surface area contributed by atoms with E-state index in [0.717, 1.165) is 19.3 Å². The number of hydrogen-bond donors (Lipinski definition) is 0. The van der Waals surface area contributed by atoms with Crippen LogP contribution >= 0.6 is 0 Å². The number of sulfone groups is 1. The highest BCUT2D eigenvalue weighted by atomic mass is 32.2. The molecule has 0 bridgehead atoms. The molecule has 2 atom stereocenters. The lowest BCUT2D eigenvalue weighted by atomic mass is 10.1. The molecule has 1 heterocycles. The summed E-state index contributed by atoms with van der Waals surface area (Å²) in [4.78, 5) is 26.7. The Bertz CT molecular complexity index is 833. The number of rotatable bonds is 6. The molecule has 1 saturated heterocycles. The molecular formula is C20H27NO5S. The first kappa shape index (κ1) is 19.9. The van der Waals surface area contributed by atoms with Crippen molar-refractivity contribution in [3.05, 3.63) is 34.9 Å². The molecular weight excluding hydrogens is 366 g/mol. The average molecular weight is 394 g/mol. The number of hydrogen-bond acceptors (Lipinski definition) is 5. The first-order valence-corrected chi connectivity index (χ1v) is 11.4. The van der Waals surface area contributed by atoms with Gasteiger partial charge in [-0.1, -0.05) is 13.0 Å². The normalized spacial score (nSPS) is 21.5. The fraction of sp³-hybridized carbons (Fsp3) is 0.600. The predicted octanol–water partition coefficient (Wildman–Crippen LogP) is 2.15. The Labute approximate surface area is 160 Å². The second kappa shape index (κ2) is 8.00. The molecule has 1 aromatic carbocycles. The van der Waals surface area contributed by atoms with Crippen LogP contribution in [-0.2, 0) is 32.2 Å². The van der Waals surface area contributed by atoms with E-state index in [1.54, 1.807) is 11.0 Å². The summed E-state index contributed by atoms with van der Waals surface area (Å²) in [6.45, 7) is 3.48. The molecule has 0 aromatic heterocycles. The topological polar surface area (TPSA) is 80.8 Å². The number of carbonyl (C=O) groups is 2. The van der Waals surface area contributed by atoms with Crippen molar-refractivity contribution in [2.24, 2.45) is 0 Å². The van der Waals surface area contributed by atoms with E-state index < -0.39 is 15.8 Å². The number of aryl methyl sites for hydroxylation is 2. The summed E-state index contributed by atoms with van der Waals surface area (Å²) >= 11 is 0. The van der Waals surface area contributed by atoms with Gasteiger partial charge in [0.15, 0.2) is 16.4 Å². The zero-order valence-corrected chi connectivity index (χ0v) is 16.8. The van der Waals surface area contributed by atoms with Crippen LogP contribution in [0.25, 0.3) is 0 Å². The second-order valence-corrected chi connectivity index (χ2v) is 9.76. The standard InChI is InChI=1S/C20H27NO5S/c1-3-14(2)21(18-9-10-27(24,25)13-18)19(22)12-26-20(23)17-8-7-15-5-4-6-16(15)11-17/h7-8,11,14,18H,3-6,9-10,12-13H2,1-2H3/t14-,18+/m1/s1. The van der Waals surface area contributed by atoms with Gasteiger partial charge in [-0.25, -0.2) is 13.2 Å². The van der Waals surface area contributed by atoms with Crippen molar-refractivity contribution in [2.45, 2.75) is 58.0 Å². The van der Waals surface area contributed by atoms with Gasteiger partial charge in [-0.05, 0) is 62.3 Å². The summed E-state index contributed by atoms with van der Waals surface area (Å²) in [5, 5.41) is 0. The SMILES string of the molecule is CC[C@@H](C)N(C(=O)COC(=O)c1ccc2c(c1)CCC2)[C@H]1CCS(=O)(=O)C1. The molecule has 1 aliphatic carbocycles. The van der Waals surface area contributed by atoms with Crippen LogP contribution < -0.4 is 0 Å². The van der Waals surface area contributed by atoms with E-state index in [9.17, 15) is 18.0 Å². The second-order valence-electron chi connectivity index (χ2n) is 7.53. The highest BCUT2D eigenvalue weighted by Crippen LogP contribution is 2.24. The largest absolute Gasteiger partial charge is 0.452 e. The van der Waals surface area contributed by atoms with Crippen LogP contribution in [0.5, 0.6) is 0 Å². The third-order valence-electron chi connectivity index (χ3n) is 5.62. The molecule has 0 saturated carbocycles. The predicted molar refractivity (Wildman–Crippen MR) is 102 cm³/mol. The minimum Gasteiger partial charge on any atom is -0.452 e. The summed E-state index contributed by atoms with van der Waals surface area (Å²) in [5.74, 6) is -0.753. The van der Waals surface area contributed by atoms with Crippen LogP contribution in [-0.4, -0.2) is 55.4 Å². The number of fused-ring (bicyclic) bond motifs is 1. The summed E-state index contributed by atoms with van der Waals surface area (Å²) in [6.07, 6.45) is 4.25. The maximum Gasteiger partial charge on any atom is 0.338 e. The van der Waals surface area contributed by atoms with Crippen molar-refractivity contribution in [3.63, 3.8) is 0 Å². The molecule has 1 fully saturated rings. The lowest BCUT2D eigenvalue weighted by molar-refractivity contribution is -0.138. The molecule has 27 heavy (non-hydrogen) atoms. The van der Waals surface area contributed by atoms with Gasteiger partial charge in [-0.2, -0.15) is 0 Å². The zero-order chi connectivity index (χ0) is 19.6. The van der Waals surface area contributed by atoms with Gasteiger partial charge in [0.05, 0.1) is 17.1 Å². The number of ether oxygens (including phenoxy) is 1. The monoisotopic (exact) mass is 393 g/mol. The molecule has 0 unspecified atom stereocenters. The Morgan fingerprint density at radius 1 is 1.26 bits per heavy atom. The lowest BCUT2D eigenvalue weighted by Crippen LogP contribution is -2.48. The van der Waals surface area contributed by atoms with E-state index in [1.807, 2.05) is 26.0 Å². The number of esters is 1. The molecule has 0 radical (unpaired) electrons. The maximum absolute atomic E-state index is 12.7. The first-order chi connectivity index (χ1) is 12.8. The summed E-state index contributed by atoms with van der Waals surface area (Å²) in [7, 11) is -3.10. The van der Waals surface area contributed by atoms with Gasteiger partial charge < -0.3 is 9.64 Å². The van der Waals surface area contributed by atoms with E-state index in [4.69, 9.17) is 4.74 Å². The number of nitrogens with zero attached hydrogens (tertiary/aromatic N) is 1. The Hall–Kier alpha value is -1.89. The van der Waals surface area contributed by atoms with Gasteiger partial charge in [0, 0.05) is 12.1 Å². The quantitative estimate of drug-likeness (QED) is 0.692. The van der Waals surface area contributed by atoms with Crippen molar-refractivity contribution < 1.29 is 22.7 Å². The Morgan fingerprint density at radius 3 is 2.67 bits per heavy atom. The van der Waals surface area contributed by atoms with Crippen molar-refractivity contribution in [2.75, 3.05) is 18.1 Å². The summed E-state index contributed by atoms with van der Waals surface area (Å²) in [5.41, 5.74) is 2.91. The first-order valence-electron chi connectivity index (χ1n) is 9.61. The van der Waals surface area contributed by atoms with Crippen molar-refractivity contribution in [1.82, 2.24) is 4.90 Å². The molecule has 1 aromatic rings. The summed E-state index contributed by atoms with van der Waals surface area (Å²) in [6, 6.07) is 5.11. The fourth-order valence-corrected chi connectivity index (χ4v) is 5.70. The molecule has 1 aliphatic heterocycles. The Kier molecular flexibility index (Phi) is 5.89. The average Bonchev–Trinajstić information content (AvgIpc) is 3.24. The van der Waals surface area contributed by atoms with Crippen LogP contribution in [0.1, 0.15) is 54.6 Å². The van der Waals surface area contributed by atoms with Crippen LogP contribution in [0, 0.1) is 0 Å². The van der Waals surface area contributed by atoms with E-state index in [1.165, 1.54) is 11.1 Å². The highest BCUT2D eigenvalue weighted by molar-refractivity contribution is 7.91. The van der Waals surface area contributed by atoms with E-state index >= 15 is 0 Å².